The number of nitrogens with zero attached hydrogens (tertiary/aromatic N) is 2. The van der Waals surface area contributed by atoms with Crippen molar-refractivity contribution in [2.75, 3.05) is 24.7 Å². The first-order valence-corrected chi connectivity index (χ1v) is 15.0. The van der Waals surface area contributed by atoms with E-state index in [0.717, 1.165) is 40.6 Å². The van der Waals surface area contributed by atoms with Crippen LogP contribution in [0.25, 0.3) is 16.0 Å². The van der Waals surface area contributed by atoms with E-state index in [1.54, 1.807) is 18.2 Å². The number of hydrogen-bond donors (Lipinski definition) is 1. The number of Topliss-reactive ketones (excluding diaryl/α,β-unsaturated/α-hetero) is 1. The molecule has 2 aliphatic rings. The Hall–Kier alpha value is -4.37. The van der Waals surface area contributed by atoms with Crippen LogP contribution in [-0.2, 0) is 9.59 Å². The van der Waals surface area contributed by atoms with Gasteiger partial charge in [-0.3, -0.25) is 14.5 Å². The van der Waals surface area contributed by atoms with Crippen LogP contribution in [0.15, 0.2) is 60.2 Å². The lowest BCUT2D eigenvalue weighted by atomic mass is 9.95. The number of amides is 1. The maximum Gasteiger partial charge on any atom is 0.301 e. The Bertz CT molecular complexity index is 1730. The summed E-state index contributed by atoms with van der Waals surface area (Å²) in [5, 5.41) is 12.0. The smallest absolute Gasteiger partial charge is 0.301 e. The Morgan fingerprint density at radius 1 is 1.05 bits per heavy atom. The number of aliphatic hydroxyl groups is 1. The number of ketones is 1. The van der Waals surface area contributed by atoms with Crippen LogP contribution in [0.5, 0.6) is 17.2 Å². The van der Waals surface area contributed by atoms with E-state index in [9.17, 15) is 14.7 Å². The number of aryl methyl sites for hydroxylation is 2. The fourth-order valence-corrected chi connectivity index (χ4v) is 6.64. The second-order valence-electron chi connectivity index (χ2n) is 10.6. The summed E-state index contributed by atoms with van der Waals surface area (Å²) in [6, 6.07) is 15.5. The number of aromatic nitrogens is 1. The van der Waals surface area contributed by atoms with E-state index < -0.39 is 17.7 Å². The van der Waals surface area contributed by atoms with Crippen LogP contribution in [0.2, 0.25) is 0 Å². The summed E-state index contributed by atoms with van der Waals surface area (Å²) >= 11 is 1.35. The minimum Gasteiger partial charge on any atom is -0.507 e. The lowest BCUT2D eigenvalue weighted by Crippen LogP contribution is -2.29. The molecule has 0 unspecified atom stereocenters. The fourth-order valence-electron chi connectivity index (χ4n) is 5.47. The highest BCUT2D eigenvalue weighted by atomic mass is 32.1. The molecule has 0 saturated carbocycles. The predicted octanol–water partition coefficient (Wildman–Crippen LogP) is 6.88. The summed E-state index contributed by atoms with van der Waals surface area (Å²) in [4.78, 5) is 33.7. The molecule has 42 heavy (non-hydrogen) atoms. The Balaban J connectivity index is 1.49. The molecule has 9 heteroatoms. The number of hydrogen-bond acceptors (Lipinski definition) is 8. The van der Waals surface area contributed by atoms with Crippen molar-refractivity contribution in [2.45, 2.75) is 46.1 Å². The first-order chi connectivity index (χ1) is 20.4. The lowest BCUT2D eigenvalue weighted by Gasteiger charge is -2.24. The van der Waals surface area contributed by atoms with Crippen LogP contribution >= 0.6 is 11.3 Å². The predicted molar refractivity (Wildman–Crippen MR) is 163 cm³/mol. The van der Waals surface area contributed by atoms with E-state index in [-0.39, 0.29) is 11.3 Å². The summed E-state index contributed by atoms with van der Waals surface area (Å²) in [7, 11) is 0. The van der Waals surface area contributed by atoms with Crippen molar-refractivity contribution in [2.24, 2.45) is 0 Å². The zero-order valence-corrected chi connectivity index (χ0v) is 24.6. The molecule has 6 rings (SSSR count). The Morgan fingerprint density at radius 2 is 1.86 bits per heavy atom. The van der Waals surface area contributed by atoms with Gasteiger partial charge in [0.1, 0.15) is 24.7 Å². The molecular formula is C33H32N2O6S. The number of unbranched alkanes of at least 4 members (excludes halogenated alkanes) is 2. The number of carbonyl (C=O) groups is 2. The van der Waals surface area contributed by atoms with E-state index in [1.165, 1.54) is 16.2 Å². The van der Waals surface area contributed by atoms with Gasteiger partial charge in [-0.25, -0.2) is 4.98 Å². The minimum absolute atomic E-state index is 0.0213. The van der Waals surface area contributed by atoms with E-state index in [0.29, 0.717) is 53.3 Å². The highest BCUT2D eigenvalue weighted by Crippen LogP contribution is 2.46. The number of thiazole rings is 1. The van der Waals surface area contributed by atoms with Gasteiger partial charge in [0.15, 0.2) is 16.6 Å². The molecule has 0 aliphatic carbocycles. The van der Waals surface area contributed by atoms with E-state index >= 15 is 0 Å². The number of fused-ring (bicyclic) bond motifs is 2. The zero-order valence-electron chi connectivity index (χ0n) is 23.8. The molecule has 0 spiro atoms. The molecular weight excluding hydrogens is 552 g/mol. The van der Waals surface area contributed by atoms with Gasteiger partial charge in [0, 0.05) is 5.56 Å². The number of rotatable bonds is 8. The molecule has 1 N–H and O–H groups in total. The van der Waals surface area contributed by atoms with Gasteiger partial charge in [0.25, 0.3) is 5.78 Å². The summed E-state index contributed by atoms with van der Waals surface area (Å²) in [5.41, 5.74) is 3.81. The van der Waals surface area contributed by atoms with Crippen molar-refractivity contribution in [1.29, 1.82) is 0 Å². The number of aliphatic hydroxyl groups excluding tert-OH is 1. The molecule has 1 atom stereocenters. The Kier molecular flexibility index (Phi) is 7.60. The van der Waals surface area contributed by atoms with Gasteiger partial charge < -0.3 is 19.3 Å². The third-order valence-corrected chi connectivity index (χ3v) is 8.48. The quantitative estimate of drug-likeness (QED) is 0.104. The van der Waals surface area contributed by atoms with Crippen molar-refractivity contribution in [1.82, 2.24) is 4.98 Å². The van der Waals surface area contributed by atoms with Crippen molar-refractivity contribution in [3.8, 4) is 17.2 Å². The molecule has 0 radical (unpaired) electrons. The first kappa shape index (κ1) is 27.8. The molecule has 1 fully saturated rings. The molecule has 3 heterocycles. The standard InChI is InChI=1S/C33H32N2O6S/c1-4-5-6-12-39-23-9-7-8-21(17-23)29-27(30(36)22-10-11-24-25(18-22)41-14-13-40-24)31(37)32(38)35(29)33-34-28-20(3)15-19(2)16-26(28)42-33/h7-11,15-18,29,36H,4-6,12-14H2,1-3H3/t29-/m0/s1. The Morgan fingerprint density at radius 3 is 2.67 bits per heavy atom. The third-order valence-electron chi connectivity index (χ3n) is 7.48. The van der Waals surface area contributed by atoms with Crippen LogP contribution in [0, 0.1) is 13.8 Å². The zero-order chi connectivity index (χ0) is 29.4. The average Bonchev–Trinajstić information content (AvgIpc) is 3.53. The molecule has 1 amide bonds. The first-order valence-electron chi connectivity index (χ1n) is 14.2. The van der Waals surface area contributed by atoms with Gasteiger partial charge >= 0.3 is 5.91 Å². The lowest BCUT2D eigenvalue weighted by molar-refractivity contribution is -0.132. The van der Waals surface area contributed by atoms with Crippen LogP contribution in [0.4, 0.5) is 5.13 Å². The fraction of sp³-hybridized carbons (Fsp3) is 0.303. The van der Waals surface area contributed by atoms with Crippen molar-refractivity contribution in [3.05, 3.63) is 82.4 Å². The summed E-state index contributed by atoms with van der Waals surface area (Å²) in [6.45, 7) is 7.50. The monoisotopic (exact) mass is 584 g/mol. The largest absolute Gasteiger partial charge is 0.507 e. The highest BCUT2D eigenvalue weighted by molar-refractivity contribution is 7.22. The normalized spacial score (nSPS) is 17.7. The van der Waals surface area contributed by atoms with Gasteiger partial charge in [-0.05, 0) is 73.4 Å². The van der Waals surface area contributed by atoms with Crippen LogP contribution < -0.4 is 19.1 Å². The van der Waals surface area contributed by atoms with Gasteiger partial charge in [-0.15, -0.1) is 0 Å². The van der Waals surface area contributed by atoms with Crippen LogP contribution in [0.1, 0.15) is 54.5 Å². The van der Waals surface area contributed by atoms with Crippen molar-refractivity contribution in [3.63, 3.8) is 0 Å². The van der Waals surface area contributed by atoms with Crippen LogP contribution in [-0.4, -0.2) is 41.6 Å². The van der Waals surface area contributed by atoms with Crippen molar-refractivity contribution >= 4 is 44.1 Å². The Labute approximate surface area is 248 Å². The van der Waals surface area contributed by atoms with Gasteiger partial charge in [0.05, 0.1) is 28.4 Å². The number of anilines is 1. The van der Waals surface area contributed by atoms with Gasteiger partial charge in [0.2, 0.25) is 0 Å². The second-order valence-corrected chi connectivity index (χ2v) is 11.6. The average molecular weight is 585 g/mol. The van der Waals surface area contributed by atoms with Crippen molar-refractivity contribution < 1.29 is 28.9 Å². The number of carbonyl (C=O) groups excluding carboxylic acids is 2. The molecule has 4 aromatic rings. The molecule has 216 valence electrons. The van der Waals surface area contributed by atoms with Crippen LogP contribution in [0.3, 0.4) is 0 Å². The SMILES string of the molecule is CCCCCOc1cccc([C@H]2C(=C(O)c3ccc4c(c3)OCCO4)C(=O)C(=O)N2c2nc3c(C)cc(C)cc3s2)c1. The van der Waals surface area contributed by atoms with E-state index in [1.807, 2.05) is 50.2 Å². The van der Waals surface area contributed by atoms with E-state index in [2.05, 4.69) is 6.92 Å². The molecule has 2 aliphatic heterocycles. The molecule has 1 saturated heterocycles. The molecule has 8 nitrogen and oxygen atoms in total. The number of benzene rings is 3. The summed E-state index contributed by atoms with van der Waals surface area (Å²) in [6.07, 6.45) is 3.07. The van der Waals surface area contributed by atoms with Gasteiger partial charge in [-0.1, -0.05) is 49.3 Å². The topological polar surface area (TPSA) is 98.2 Å². The van der Waals surface area contributed by atoms with E-state index in [4.69, 9.17) is 19.2 Å². The highest BCUT2D eigenvalue weighted by Gasteiger charge is 2.48. The molecule has 3 aromatic carbocycles. The molecule has 1 aromatic heterocycles. The molecule has 0 bridgehead atoms. The summed E-state index contributed by atoms with van der Waals surface area (Å²) in [5.74, 6) is -0.168. The maximum atomic E-state index is 13.7. The minimum atomic E-state index is -0.917. The second kappa shape index (κ2) is 11.5. The van der Waals surface area contributed by atoms with Gasteiger partial charge in [-0.2, -0.15) is 0 Å². The number of ether oxygens (including phenoxy) is 3. The maximum absolute atomic E-state index is 13.7. The third kappa shape index (κ3) is 5.09. The summed E-state index contributed by atoms with van der Waals surface area (Å²) < 4.78 is 18.3.